The minimum atomic E-state index is -4.10. The molecule has 1 heterocycles. The minimum absolute atomic E-state index is 0.0527. The molecule has 1 fully saturated rings. The van der Waals surface area contributed by atoms with Crippen LogP contribution in [0.25, 0.3) is 0 Å². The number of hydrogen-bond acceptors (Lipinski definition) is 5. The molecule has 0 saturated carbocycles. The van der Waals surface area contributed by atoms with Crippen LogP contribution in [-0.2, 0) is 22.3 Å². The van der Waals surface area contributed by atoms with Crippen LogP contribution >= 0.6 is 0 Å². The van der Waals surface area contributed by atoms with Crippen molar-refractivity contribution in [1.29, 1.82) is 0 Å². The molecule has 162 valence electrons. The number of benzene rings is 2. The van der Waals surface area contributed by atoms with Crippen molar-refractivity contribution in [3.8, 4) is 11.5 Å². The van der Waals surface area contributed by atoms with Crippen LogP contribution in [0.1, 0.15) is 17.5 Å². The third-order valence-electron chi connectivity index (χ3n) is 5.09. The van der Waals surface area contributed by atoms with Crippen molar-refractivity contribution >= 4 is 16.2 Å². The molecule has 0 spiro atoms. The maximum Gasteiger partial charge on any atom is 0.319 e. The largest absolute Gasteiger partial charge is 0.497 e. The van der Waals surface area contributed by atoms with Crippen molar-refractivity contribution < 1.29 is 22.7 Å². The fourth-order valence-corrected chi connectivity index (χ4v) is 4.37. The van der Waals surface area contributed by atoms with Gasteiger partial charge in [0.05, 0.1) is 20.8 Å². The highest BCUT2D eigenvalue weighted by Crippen LogP contribution is 2.32. The topological polar surface area (TPSA) is 123 Å². The van der Waals surface area contributed by atoms with Gasteiger partial charge in [-0.2, -0.15) is 13.1 Å². The highest BCUT2D eigenvalue weighted by molar-refractivity contribution is 7.87. The summed E-state index contributed by atoms with van der Waals surface area (Å²) in [5.41, 5.74) is 0.349. The number of aryl methyl sites for hydroxylation is 1. The molecule has 0 aliphatic carbocycles. The summed E-state index contributed by atoms with van der Waals surface area (Å²) >= 11 is 0. The first-order valence-corrected chi connectivity index (χ1v) is 11.0. The number of carbonyl (C=O) groups is 1. The van der Waals surface area contributed by atoms with Crippen LogP contribution in [0.4, 0.5) is 4.79 Å². The highest BCUT2D eigenvalue weighted by Gasteiger charge is 2.48. The molecule has 0 bridgehead atoms. The van der Waals surface area contributed by atoms with E-state index in [-0.39, 0.29) is 12.6 Å². The van der Waals surface area contributed by atoms with Crippen molar-refractivity contribution in [3.05, 3.63) is 59.7 Å². The summed E-state index contributed by atoms with van der Waals surface area (Å²) in [5, 5.41) is 8.04. The summed E-state index contributed by atoms with van der Waals surface area (Å²) < 4.78 is 36.7. The molecule has 1 unspecified atom stereocenters. The number of hydrogen-bond donors (Lipinski definition) is 3. The maximum atomic E-state index is 12.6. The summed E-state index contributed by atoms with van der Waals surface area (Å²) in [6, 6.07) is 14.2. The Morgan fingerprint density at radius 2 is 1.63 bits per heavy atom. The van der Waals surface area contributed by atoms with Crippen LogP contribution in [-0.4, -0.2) is 46.7 Å². The van der Waals surface area contributed by atoms with Crippen molar-refractivity contribution in [2.75, 3.05) is 27.3 Å². The first kappa shape index (κ1) is 21.9. The summed E-state index contributed by atoms with van der Waals surface area (Å²) in [7, 11) is -0.950. The molecular formula is C20H26N4O5S. The van der Waals surface area contributed by atoms with E-state index in [1.54, 1.807) is 38.5 Å². The number of ether oxygens (including phenoxy) is 2. The lowest BCUT2D eigenvalue weighted by Crippen LogP contribution is -2.58. The van der Waals surface area contributed by atoms with E-state index in [9.17, 15) is 13.2 Å². The van der Waals surface area contributed by atoms with Crippen LogP contribution in [0.5, 0.6) is 11.5 Å². The molecule has 9 nitrogen and oxygen atoms in total. The second-order valence-electron chi connectivity index (χ2n) is 7.00. The monoisotopic (exact) mass is 434 g/mol. The van der Waals surface area contributed by atoms with E-state index in [1.807, 2.05) is 24.3 Å². The summed E-state index contributed by atoms with van der Waals surface area (Å²) in [6.45, 7) is 0.379. The molecule has 0 radical (unpaired) electrons. The van der Waals surface area contributed by atoms with E-state index < -0.39 is 15.9 Å². The van der Waals surface area contributed by atoms with E-state index in [2.05, 4.69) is 10.0 Å². The molecule has 2 aromatic rings. The molecule has 10 heteroatoms. The molecule has 2 aromatic carbocycles. The standard InChI is InChI=1S/C20H26N4O5S/c1-28-17-9-5-15(6-10-17)4-3-13-24-19(25)22-14-20(24,23-30(21,26)27)16-7-11-18(29-2)12-8-16/h5-12,23H,3-4,13-14H2,1-2H3,(H,22,25)(H2,21,26,27). The van der Waals surface area contributed by atoms with Gasteiger partial charge in [0.25, 0.3) is 10.2 Å². The Morgan fingerprint density at radius 3 is 2.17 bits per heavy atom. The predicted octanol–water partition coefficient (Wildman–Crippen LogP) is 1.31. The Bertz CT molecular complexity index is 979. The first-order valence-electron chi connectivity index (χ1n) is 9.42. The molecule has 2 amide bonds. The van der Waals surface area contributed by atoms with Gasteiger partial charge in [0.1, 0.15) is 11.5 Å². The third-order valence-corrected chi connectivity index (χ3v) is 5.71. The van der Waals surface area contributed by atoms with Crippen molar-refractivity contribution in [2.45, 2.75) is 18.5 Å². The third kappa shape index (κ3) is 4.84. The average molecular weight is 435 g/mol. The predicted molar refractivity (Wildman–Crippen MR) is 112 cm³/mol. The second-order valence-corrected chi connectivity index (χ2v) is 8.29. The normalized spacial score (nSPS) is 18.9. The van der Waals surface area contributed by atoms with E-state index >= 15 is 0 Å². The highest BCUT2D eigenvalue weighted by atomic mass is 32.2. The van der Waals surface area contributed by atoms with Crippen molar-refractivity contribution in [1.82, 2.24) is 14.9 Å². The minimum Gasteiger partial charge on any atom is -0.497 e. The maximum absolute atomic E-state index is 12.6. The fourth-order valence-electron chi connectivity index (χ4n) is 3.60. The zero-order valence-corrected chi connectivity index (χ0v) is 17.7. The molecule has 1 aliphatic heterocycles. The molecule has 1 aliphatic rings. The molecular weight excluding hydrogens is 408 g/mol. The van der Waals surface area contributed by atoms with Gasteiger partial charge >= 0.3 is 6.03 Å². The smallest absolute Gasteiger partial charge is 0.319 e. The van der Waals surface area contributed by atoms with E-state index in [0.717, 1.165) is 11.3 Å². The van der Waals surface area contributed by atoms with Crippen molar-refractivity contribution in [3.63, 3.8) is 0 Å². The van der Waals surface area contributed by atoms with Gasteiger partial charge in [0.15, 0.2) is 5.66 Å². The van der Waals surface area contributed by atoms with E-state index in [4.69, 9.17) is 14.6 Å². The lowest BCUT2D eigenvalue weighted by atomic mass is 9.99. The Hall–Kier alpha value is -2.82. The number of nitrogens with zero attached hydrogens (tertiary/aromatic N) is 1. The van der Waals surface area contributed by atoms with Crippen LogP contribution in [0.15, 0.2) is 48.5 Å². The fraction of sp³-hybridized carbons (Fsp3) is 0.350. The van der Waals surface area contributed by atoms with Crippen LogP contribution in [0.2, 0.25) is 0 Å². The van der Waals surface area contributed by atoms with Gasteiger partial charge in [-0.3, -0.25) is 4.90 Å². The summed E-state index contributed by atoms with van der Waals surface area (Å²) in [6.07, 6.45) is 1.34. The number of rotatable bonds is 9. The Labute approximate surface area is 176 Å². The Morgan fingerprint density at radius 1 is 1.07 bits per heavy atom. The Kier molecular flexibility index (Phi) is 6.49. The SMILES string of the molecule is COc1ccc(CCCN2C(=O)NCC2(NS(N)(=O)=O)c2ccc(OC)cc2)cc1. The van der Waals surface area contributed by atoms with Gasteiger partial charge in [0, 0.05) is 6.54 Å². The zero-order valence-electron chi connectivity index (χ0n) is 16.9. The van der Waals surface area contributed by atoms with Crippen LogP contribution < -0.4 is 24.7 Å². The molecule has 4 N–H and O–H groups in total. The van der Waals surface area contributed by atoms with E-state index in [0.29, 0.717) is 30.7 Å². The number of methoxy groups -OCH3 is 2. The van der Waals surface area contributed by atoms with Gasteiger partial charge in [-0.25, -0.2) is 9.93 Å². The quantitative estimate of drug-likeness (QED) is 0.549. The number of nitrogens with one attached hydrogen (secondary N) is 2. The number of nitrogens with two attached hydrogens (primary N) is 1. The number of carbonyl (C=O) groups excluding carboxylic acids is 1. The summed E-state index contributed by atoms with van der Waals surface area (Å²) in [5.74, 6) is 1.39. The van der Waals surface area contributed by atoms with Gasteiger partial charge in [-0.05, 0) is 48.2 Å². The second kappa shape index (κ2) is 8.90. The lowest BCUT2D eigenvalue weighted by molar-refractivity contribution is 0.144. The number of urea groups is 1. The number of amides is 2. The van der Waals surface area contributed by atoms with E-state index in [1.165, 1.54) is 4.90 Å². The summed E-state index contributed by atoms with van der Waals surface area (Å²) in [4.78, 5) is 14.1. The van der Waals surface area contributed by atoms with Gasteiger partial charge in [-0.1, -0.05) is 24.3 Å². The van der Waals surface area contributed by atoms with Gasteiger partial charge in [0.2, 0.25) is 0 Å². The first-order chi connectivity index (χ1) is 14.3. The zero-order chi connectivity index (χ0) is 21.8. The lowest BCUT2D eigenvalue weighted by Gasteiger charge is -2.37. The molecule has 30 heavy (non-hydrogen) atoms. The molecule has 3 rings (SSSR count). The average Bonchev–Trinajstić information content (AvgIpc) is 3.03. The van der Waals surface area contributed by atoms with Crippen LogP contribution in [0, 0.1) is 0 Å². The van der Waals surface area contributed by atoms with Gasteiger partial charge < -0.3 is 14.8 Å². The van der Waals surface area contributed by atoms with Gasteiger partial charge in [-0.15, -0.1) is 0 Å². The Balaban J connectivity index is 1.83. The molecule has 1 atom stereocenters. The molecule has 0 aromatic heterocycles. The van der Waals surface area contributed by atoms with Crippen molar-refractivity contribution in [2.24, 2.45) is 5.14 Å². The van der Waals surface area contributed by atoms with Crippen LogP contribution in [0.3, 0.4) is 0 Å². The molecule has 1 saturated heterocycles.